The van der Waals surface area contributed by atoms with E-state index < -0.39 is 84.2 Å². The molecule has 0 fully saturated rings. The van der Waals surface area contributed by atoms with Gasteiger partial charge < -0.3 is 0 Å². The number of hydrogen-bond donors (Lipinski definition) is 0. The van der Waals surface area contributed by atoms with E-state index in [4.69, 9.17) is 0 Å². The van der Waals surface area contributed by atoms with Gasteiger partial charge in [-0.25, -0.2) is 27.5 Å². The highest BCUT2D eigenvalue weighted by atomic mass is 19.3. The van der Waals surface area contributed by atoms with Crippen LogP contribution in [0.3, 0.4) is 0 Å². The summed E-state index contributed by atoms with van der Waals surface area (Å²) in [5.41, 5.74) is -0.739. The van der Waals surface area contributed by atoms with E-state index in [1.54, 1.807) is 12.1 Å². The lowest BCUT2D eigenvalue weighted by Crippen LogP contribution is -2.32. The average Bonchev–Trinajstić information content (AvgIpc) is 3.33. The van der Waals surface area contributed by atoms with Gasteiger partial charge in [-0.1, -0.05) is 29.8 Å². The van der Waals surface area contributed by atoms with Crippen LogP contribution in [0.5, 0.6) is 0 Å². The van der Waals surface area contributed by atoms with Gasteiger partial charge in [-0.05, 0) is 42.2 Å². The van der Waals surface area contributed by atoms with Gasteiger partial charge in [-0.2, -0.15) is 17.6 Å². The lowest BCUT2D eigenvalue weighted by molar-refractivity contribution is -0.119. The third kappa shape index (κ3) is 6.33. The molecule has 0 saturated carbocycles. The van der Waals surface area contributed by atoms with Gasteiger partial charge in [-0.3, -0.25) is 9.36 Å². The number of alkyl halides is 6. The summed E-state index contributed by atoms with van der Waals surface area (Å²) in [7, 11) is 0. The maximum atomic E-state index is 14.9. The molecular formula is C31H25F8N3O. The molecule has 2 aromatic carbocycles. The molecule has 5 rings (SSSR count). The summed E-state index contributed by atoms with van der Waals surface area (Å²) in [5.74, 6) is -11.1. The first kappa shape index (κ1) is 30.4. The van der Waals surface area contributed by atoms with Gasteiger partial charge >= 0.3 is 6.55 Å². The summed E-state index contributed by atoms with van der Waals surface area (Å²) in [5, 5.41) is 0. The van der Waals surface area contributed by atoms with Gasteiger partial charge in [0.2, 0.25) is 0 Å². The van der Waals surface area contributed by atoms with Gasteiger partial charge in [0.05, 0.1) is 11.3 Å². The zero-order valence-corrected chi connectivity index (χ0v) is 22.7. The van der Waals surface area contributed by atoms with E-state index in [-0.39, 0.29) is 16.6 Å². The molecule has 0 bridgehead atoms. The van der Waals surface area contributed by atoms with Gasteiger partial charge in [0.25, 0.3) is 11.8 Å². The van der Waals surface area contributed by atoms with E-state index in [0.29, 0.717) is 29.1 Å². The van der Waals surface area contributed by atoms with Crippen LogP contribution in [0.25, 0.3) is 11.1 Å². The van der Waals surface area contributed by atoms with E-state index in [1.807, 2.05) is 19.1 Å². The summed E-state index contributed by atoms with van der Waals surface area (Å²) < 4.78 is 114. The number of rotatable bonds is 9. The summed E-state index contributed by atoms with van der Waals surface area (Å²) in [6, 6.07) is 10.1. The molecule has 1 atom stereocenters. The molecule has 2 aromatic heterocycles. The highest BCUT2D eigenvalue weighted by Crippen LogP contribution is 2.52. The molecule has 4 aromatic rings. The lowest BCUT2D eigenvalue weighted by Gasteiger charge is -2.30. The smallest absolute Gasteiger partial charge is 0.299 e. The van der Waals surface area contributed by atoms with Crippen molar-refractivity contribution < 1.29 is 39.9 Å². The zero-order chi connectivity index (χ0) is 31.1. The van der Waals surface area contributed by atoms with Crippen LogP contribution >= 0.6 is 0 Å². The minimum Gasteiger partial charge on any atom is -0.299 e. The molecule has 12 heteroatoms. The maximum Gasteiger partial charge on any atom is 0.318 e. The fourth-order valence-corrected chi connectivity index (χ4v) is 5.66. The molecule has 1 aliphatic carbocycles. The van der Waals surface area contributed by atoms with Crippen molar-refractivity contribution in [2.24, 2.45) is 0 Å². The van der Waals surface area contributed by atoms with Crippen LogP contribution in [0.15, 0.2) is 61.2 Å². The van der Waals surface area contributed by atoms with Crippen LogP contribution in [-0.4, -0.2) is 20.3 Å². The largest absolute Gasteiger partial charge is 0.318 e. The Kier molecular flexibility index (Phi) is 8.15. The van der Waals surface area contributed by atoms with Crippen LogP contribution < -0.4 is 0 Å². The predicted octanol–water partition coefficient (Wildman–Crippen LogP) is 8.43. The molecule has 0 saturated heterocycles. The number of hydrogen-bond acceptors (Lipinski definition) is 3. The number of Topliss-reactive ketones (excluding diaryl/α,β-unsaturated/α-hetero) is 1. The van der Waals surface area contributed by atoms with Crippen LogP contribution in [0.4, 0.5) is 35.1 Å². The normalized spacial score (nSPS) is 16.2. The van der Waals surface area contributed by atoms with Gasteiger partial charge in [0, 0.05) is 55.6 Å². The van der Waals surface area contributed by atoms with Crippen molar-refractivity contribution in [3.8, 4) is 11.1 Å². The molecule has 2 heterocycles. The second kappa shape index (κ2) is 11.5. The first-order chi connectivity index (χ1) is 20.2. The number of ketones is 1. The molecule has 0 spiro atoms. The Bertz CT molecular complexity index is 1630. The molecule has 43 heavy (non-hydrogen) atoms. The molecule has 0 unspecified atom stereocenters. The molecular weight excluding hydrogens is 582 g/mol. The number of halogens is 8. The number of benzene rings is 2. The molecule has 0 radical (unpaired) electrons. The highest BCUT2D eigenvalue weighted by Gasteiger charge is 2.53. The summed E-state index contributed by atoms with van der Waals surface area (Å²) in [4.78, 5) is 21.8. The van der Waals surface area contributed by atoms with Gasteiger partial charge in [0.15, 0.2) is 0 Å². The minimum atomic E-state index is -3.94. The molecule has 1 aliphatic rings. The number of fused-ring (bicyclic) bond motifs is 1. The zero-order valence-electron chi connectivity index (χ0n) is 22.7. The Balaban J connectivity index is 1.54. The van der Waals surface area contributed by atoms with E-state index in [1.165, 1.54) is 12.5 Å². The predicted molar refractivity (Wildman–Crippen MR) is 141 cm³/mol. The number of nitrogens with zero attached hydrogens (tertiary/aromatic N) is 3. The number of aryl methyl sites for hydroxylation is 1. The van der Waals surface area contributed by atoms with Crippen molar-refractivity contribution in [3.63, 3.8) is 0 Å². The number of aromatic nitrogens is 3. The Morgan fingerprint density at radius 1 is 0.977 bits per heavy atom. The summed E-state index contributed by atoms with van der Waals surface area (Å²) in [6.45, 7) is -1.66. The molecule has 0 aliphatic heterocycles. The number of carbonyl (C=O) groups excluding carboxylic acids is 1. The van der Waals surface area contributed by atoms with Crippen molar-refractivity contribution in [2.75, 3.05) is 0 Å². The average molecular weight is 608 g/mol. The Hall–Kier alpha value is -4.09. The van der Waals surface area contributed by atoms with Crippen molar-refractivity contribution >= 4 is 5.78 Å². The standard InChI is InChI=1S/C31H25F8N3O/c1-17-2-4-19(5-3-17)25-14-40-16-41-27(25)20(8-18-9-22(32)13-23(33)10-18)11-24(43)12-21-15-42(29(34)35)28-26(21)30(36,37)6-7-31(28,38)39/h2-5,9-10,13-16,20,29H,6-8,11-12H2,1H3/t20-/m1/s1. The SMILES string of the molecule is Cc1ccc(-c2cncnc2[C@@H](CC(=O)Cc2cn(C(F)F)c3c2C(F)(F)CCC3(F)F)Cc2cc(F)cc(F)c2)cc1. The topological polar surface area (TPSA) is 47.8 Å². The monoisotopic (exact) mass is 607 g/mol. The third-order valence-electron chi connectivity index (χ3n) is 7.54. The molecule has 4 nitrogen and oxygen atoms in total. The second-order valence-corrected chi connectivity index (χ2v) is 10.8. The fraction of sp³-hybridized carbons (Fsp3) is 0.323. The van der Waals surface area contributed by atoms with Crippen LogP contribution in [-0.2, 0) is 29.5 Å². The highest BCUT2D eigenvalue weighted by molar-refractivity contribution is 5.83. The van der Waals surface area contributed by atoms with E-state index >= 15 is 0 Å². The van der Waals surface area contributed by atoms with Gasteiger partial charge in [0.1, 0.15) is 29.4 Å². The van der Waals surface area contributed by atoms with Gasteiger partial charge in [-0.15, -0.1) is 0 Å². The van der Waals surface area contributed by atoms with Crippen LogP contribution in [0.1, 0.15) is 65.4 Å². The van der Waals surface area contributed by atoms with E-state index in [0.717, 1.165) is 17.7 Å². The Morgan fingerprint density at radius 2 is 1.63 bits per heavy atom. The maximum absolute atomic E-state index is 14.9. The van der Waals surface area contributed by atoms with E-state index in [2.05, 4.69) is 9.97 Å². The van der Waals surface area contributed by atoms with Crippen molar-refractivity contribution in [1.29, 1.82) is 0 Å². The van der Waals surface area contributed by atoms with Crippen molar-refractivity contribution in [2.45, 2.75) is 63.3 Å². The molecule has 0 amide bonds. The minimum absolute atomic E-state index is 0.110. The third-order valence-corrected chi connectivity index (χ3v) is 7.54. The lowest BCUT2D eigenvalue weighted by atomic mass is 9.84. The van der Waals surface area contributed by atoms with Crippen LogP contribution in [0, 0.1) is 18.6 Å². The van der Waals surface area contributed by atoms with E-state index in [9.17, 15) is 39.9 Å². The molecule has 0 N–H and O–H groups in total. The summed E-state index contributed by atoms with van der Waals surface area (Å²) in [6.07, 6.45) is -0.760. The Labute approximate surface area is 241 Å². The van der Waals surface area contributed by atoms with Crippen molar-refractivity contribution in [3.05, 3.63) is 106 Å². The first-order valence-corrected chi connectivity index (χ1v) is 13.4. The second-order valence-electron chi connectivity index (χ2n) is 10.8. The summed E-state index contributed by atoms with van der Waals surface area (Å²) >= 11 is 0. The number of carbonyl (C=O) groups is 1. The first-order valence-electron chi connectivity index (χ1n) is 13.4. The fourth-order valence-electron chi connectivity index (χ4n) is 5.66. The quantitative estimate of drug-likeness (QED) is 0.180. The Morgan fingerprint density at radius 3 is 2.28 bits per heavy atom. The van der Waals surface area contributed by atoms with Crippen LogP contribution in [0.2, 0.25) is 0 Å². The van der Waals surface area contributed by atoms with Crippen molar-refractivity contribution in [1.82, 2.24) is 14.5 Å². The molecule has 226 valence electrons.